The molecule has 0 spiro atoms. The summed E-state index contributed by atoms with van der Waals surface area (Å²) in [7, 11) is 1.59. The number of methoxy groups -OCH3 is 1. The Kier molecular flexibility index (Phi) is 7.34. The maximum atomic E-state index is 12.8. The first-order chi connectivity index (χ1) is 17.4. The number of rotatable bonds is 7. The van der Waals surface area contributed by atoms with Crippen LogP contribution in [-0.4, -0.2) is 47.4 Å². The van der Waals surface area contributed by atoms with Gasteiger partial charge in [-0.1, -0.05) is 42.1 Å². The topological polar surface area (TPSA) is 87.7 Å². The van der Waals surface area contributed by atoms with Crippen LogP contribution in [0.3, 0.4) is 0 Å². The van der Waals surface area contributed by atoms with Crippen molar-refractivity contribution < 1.29 is 19.1 Å². The zero-order chi connectivity index (χ0) is 25.2. The molecule has 8 heteroatoms. The first kappa shape index (κ1) is 24.8. The van der Waals surface area contributed by atoms with E-state index < -0.39 is 5.25 Å². The summed E-state index contributed by atoms with van der Waals surface area (Å²) in [6, 6.07) is 12.5. The Balaban J connectivity index is 1.36. The minimum atomic E-state index is -0.461. The van der Waals surface area contributed by atoms with Gasteiger partial charge in [0.25, 0.3) is 5.24 Å². The number of benzene rings is 2. The van der Waals surface area contributed by atoms with E-state index in [0.717, 1.165) is 61.8 Å². The number of thioether (sulfide) groups is 1. The summed E-state index contributed by atoms with van der Waals surface area (Å²) in [5.74, 6) is 0.743. The molecule has 36 heavy (non-hydrogen) atoms. The predicted octanol–water partition coefficient (Wildman–Crippen LogP) is 4.63. The lowest BCUT2D eigenvalue weighted by molar-refractivity contribution is -0.119. The Bertz CT molecular complexity index is 1180. The van der Waals surface area contributed by atoms with Gasteiger partial charge in [-0.3, -0.25) is 24.6 Å². The number of fused-ring (bicyclic) bond motifs is 1. The fourth-order valence-electron chi connectivity index (χ4n) is 5.82. The summed E-state index contributed by atoms with van der Waals surface area (Å²) < 4.78 is 5.52. The smallest absolute Gasteiger partial charge is 0.286 e. The van der Waals surface area contributed by atoms with Crippen LogP contribution in [0, 0.1) is 12.8 Å². The van der Waals surface area contributed by atoms with Crippen molar-refractivity contribution >= 4 is 34.5 Å². The van der Waals surface area contributed by atoms with Gasteiger partial charge >= 0.3 is 0 Å². The van der Waals surface area contributed by atoms with Crippen LogP contribution < -0.4 is 15.4 Å². The molecule has 0 radical (unpaired) electrons. The lowest BCUT2D eigenvalue weighted by Crippen LogP contribution is -2.36. The SMILES string of the molecule is COc1ccc(C(CC2CCN(Cc3ccccc3C)CC2)C2SC(=O)NC2=O)c2c1NC(=O)CC2. The third-order valence-corrected chi connectivity index (χ3v) is 8.94. The minimum Gasteiger partial charge on any atom is -0.495 e. The molecule has 2 aromatic carbocycles. The maximum absolute atomic E-state index is 12.8. The molecule has 3 aliphatic heterocycles. The van der Waals surface area contributed by atoms with Gasteiger partial charge in [0.05, 0.1) is 12.8 Å². The van der Waals surface area contributed by atoms with Crippen molar-refractivity contribution in [2.24, 2.45) is 5.92 Å². The van der Waals surface area contributed by atoms with Crippen LogP contribution in [0.4, 0.5) is 10.5 Å². The van der Waals surface area contributed by atoms with Gasteiger partial charge in [-0.25, -0.2) is 0 Å². The highest BCUT2D eigenvalue weighted by Crippen LogP contribution is 2.45. The van der Waals surface area contributed by atoms with Crippen LogP contribution in [0.25, 0.3) is 0 Å². The van der Waals surface area contributed by atoms with Crippen LogP contribution in [0.1, 0.15) is 53.9 Å². The zero-order valence-corrected chi connectivity index (χ0v) is 21.7. The van der Waals surface area contributed by atoms with Gasteiger partial charge < -0.3 is 10.1 Å². The standard InChI is InChI=1S/C28H33N3O4S/c1-17-5-3-4-6-19(17)16-31-13-11-18(12-14-31)15-22(26-27(33)30-28(34)36-26)20-7-9-23(35-2)25-21(20)8-10-24(32)29-25/h3-7,9,18,22,26H,8,10-16H2,1-2H3,(H,29,32)(H,30,33,34). The highest BCUT2D eigenvalue weighted by molar-refractivity contribution is 8.15. The second-order valence-corrected chi connectivity index (χ2v) is 11.2. The zero-order valence-electron chi connectivity index (χ0n) is 20.8. The molecule has 3 amide bonds. The fourth-order valence-corrected chi connectivity index (χ4v) is 6.80. The monoisotopic (exact) mass is 507 g/mol. The molecule has 0 saturated carbocycles. The predicted molar refractivity (Wildman–Crippen MR) is 141 cm³/mol. The Morgan fingerprint density at radius 1 is 1.06 bits per heavy atom. The van der Waals surface area contributed by atoms with E-state index in [1.54, 1.807) is 7.11 Å². The number of carbonyl (C=O) groups is 3. The van der Waals surface area contributed by atoms with E-state index in [2.05, 4.69) is 46.7 Å². The molecule has 7 nitrogen and oxygen atoms in total. The van der Waals surface area contributed by atoms with Crippen LogP contribution >= 0.6 is 11.8 Å². The van der Waals surface area contributed by atoms with Crippen molar-refractivity contribution in [3.8, 4) is 5.75 Å². The molecule has 3 heterocycles. The summed E-state index contributed by atoms with van der Waals surface area (Å²) in [4.78, 5) is 39.6. The quantitative estimate of drug-likeness (QED) is 0.568. The van der Waals surface area contributed by atoms with Crippen LogP contribution in [0.5, 0.6) is 5.75 Å². The second-order valence-electron chi connectivity index (χ2n) is 10.1. The van der Waals surface area contributed by atoms with E-state index in [0.29, 0.717) is 30.2 Å². The third kappa shape index (κ3) is 5.15. The molecule has 0 aromatic heterocycles. The van der Waals surface area contributed by atoms with E-state index in [1.165, 1.54) is 11.1 Å². The molecule has 5 rings (SSSR count). The highest BCUT2D eigenvalue weighted by Gasteiger charge is 2.41. The largest absolute Gasteiger partial charge is 0.495 e. The first-order valence-electron chi connectivity index (χ1n) is 12.7. The number of piperidine rings is 1. The molecule has 2 N–H and O–H groups in total. The summed E-state index contributed by atoms with van der Waals surface area (Å²) >= 11 is 1.10. The summed E-state index contributed by atoms with van der Waals surface area (Å²) in [6.45, 7) is 5.16. The summed E-state index contributed by atoms with van der Waals surface area (Å²) in [6.07, 6.45) is 3.96. The first-order valence-corrected chi connectivity index (χ1v) is 13.6. The van der Waals surface area contributed by atoms with Gasteiger partial charge in [0.1, 0.15) is 11.0 Å². The Morgan fingerprint density at radius 2 is 1.83 bits per heavy atom. The number of nitrogens with zero attached hydrogens (tertiary/aromatic N) is 1. The molecule has 2 aromatic rings. The van der Waals surface area contributed by atoms with Gasteiger partial charge in [0.15, 0.2) is 0 Å². The van der Waals surface area contributed by atoms with Gasteiger partial charge in [-0.05, 0) is 79.9 Å². The number of imide groups is 1. The van der Waals surface area contributed by atoms with E-state index >= 15 is 0 Å². The molecule has 3 aliphatic rings. The van der Waals surface area contributed by atoms with E-state index in [1.807, 2.05) is 12.1 Å². The Morgan fingerprint density at radius 3 is 2.53 bits per heavy atom. The number of hydrogen-bond donors (Lipinski definition) is 2. The number of aryl methyl sites for hydroxylation is 1. The second kappa shape index (κ2) is 10.6. The van der Waals surface area contributed by atoms with Crippen molar-refractivity contribution in [2.45, 2.75) is 56.7 Å². The lowest BCUT2D eigenvalue weighted by atomic mass is 9.78. The number of nitrogens with one attached hydrogen (secondary N) is 2. The van der Waals surface area contributed by atoms with Crippen molar-refractivity contribution in [3.63, 3.8) is 0 Å². The maximum Gasteiger partial charge on any atom is 0.286 e. The van der Waals surface area contributed by atoms with Crippen molar-refractivity contribution in [3.05, 3.63) is 58.7 Å². The molecule has 2 atom stereocenters. The Labute approximate surface area is 216 Å². The molecular formula is C28H33N3O4S. The number of anilines is 1. The molecule has 2 unspecified atom stereocenters. The van der Waals surface area contributed by atoms with Crippen LogP contribution in [0.15, 0.2) is 36.4 Å². The molecular weight excluding hydrogens is 474 g/mol. The lowest BCUT2D eigenvalue weighted by Gasteiger charge is -2.35. The van der Waals surface area contributed by atoms with Gasteiger partial charge in [-0.15, -0.1) is 0 Å². The summed E-state index contributed by atoms with van der Waals surface area (Å²) in [5, 5.41) is 4.72. The molecule has 2 fully saturated rings. The molecule has 0 aliphatic carbocycles. The molecule has 2 saturated heterocycles. The van der Waals surface area contributed by atoms with Gasteiger partial charge in [0, 0.05) is 18.9 Å². The van der Waals surface area contributed by atoms with Crippen LogP contribution in [0.2, 0.25) is 0 Å². The molecule has 0 bridgehead atoms. The normalized spacial score (nSPS) is 21.6. The average molecular weight is 508 g/mol. The van der Waals surface area contributed by atoms with Gasteiger partial charge in [0.2, 0.25) is 11.8 Å². The molecule has 190 valence electrons. The number of likely N-dealkylation sites (tertiary alicyclic amines) is 1. The number of ether oxygens (including phenoxy) is 1. The minimum absolute atomic E-state index is 0.0290. The third-order valence-electron chi connectivity index (χ3n) is 7.83. The summed E-state index contributed by atoms with van der Waals surface area (Å²) in [5.41, 5.74) is 5.49. The van der Waals surface area contributed by atoms with E-state index in [4.69, 9.17) is 4.74 Å². The highest BCUT2D eigenvalue weighted by atomic mass is 32.2. The number of carbonyl (C=O) groups excluding carboxylic acids is 3. The van der Waals surface area contributed by atoms with Crippen molar-refractivity contribution in [2.75, 3.05) is 25.5 Å². The number of amides is 3. The van der Waals surface area contributed by atoms with Crippen LogP contribution in [-0.2, 0) is 22.6 Å². The van der Waals surface area contributed by atoms with Gasteiger partial charge in [-0.2, -0.15) is 0 Å². The van der Waals surface area contributed by atoms with E-state index in [9.17, 15) is 14.4 Å². The van der Waals surface area contributed by atoms with Crippen molar-refractivity contribution in [1.29, 1.82) is 0 Å². The van der Waals surface area contributed by atoms with Crippen molar-refractivity contribution in [1.82, 2.24) is 10.2 Å². The fraction of sp³-hybridized carbons (Fsp3) is 0.464. The average Bonchev–Trinajstić information content (AvgIpc) is 3.21. The van der Waals surface area contributed by atoms with E-state index in [-0.39, 0.29) is 23.0 Å². The number of hydrogen-bond acceptors (Lipinski definition) is 6. The Hall–Kier alpha value is -2.84.